The predicted octanol–water partition coefficient (Wildman–Crippen LogP) is 3.31. The zero-order valence-corrected chi connectivity index (χ0v) is 15.7. The summed E-state index contributed by atoms with van der Waals surface area (Å²) in [5.41, 5.74) is 2.01. The van der Waals surface area contributed by atoms with Crippen molar-refractivity contribution in [3.05, 3.63) is 53.6 Å². The number of nitrogens with one attached hydrogen (secondary N) is 1. The number of aryl methyl sites for hydroxylation is 1. The Bertz CT molecular complexity index is 786. The van der Waals surface area contributed by atoms with E-state index in [4.69, 9.17) is 9.47 Å². The molecule has 0 amide bonds. The van der Waals surface area contributed by atoms with E-state index in [1.807, 2.05) is 39.0 Å². The third kappa shape index (κ3) is 5.47. The molecule has 0 spiro atoms. The summed E-state index contributed by atoms with van der Waals surface area (Å²) in [6.07, 6.45) is 0.567. The van der Waals surface area contributed by atoms with Crippen molar-refractivity contribution in [3.63, 3.8) is 0 Å². The molecule has 0 saturated heterocycles. The summed E-state index contributed by atoms with van der Waals surface area (Å²) in [5.74, 6) is 1.39. The molecule has 1 N–H and O–H groups in total. The fraction of sp³-hybridized carbons (Fsp3) is 0.368. The van der Waals surface area contributed by atoms with Crippen LogP contribution in [0.2, 0.25) is 0 Å². The zero-order chi connectivity index (χ0) is 18.3. The minimum absolute atomic E-state index is 0.278. The first-order chi connectivity index (χ1) is 12.0. The molecule has 6 heteroatoms. The van der Waals surface area contributed by atoms with Crippen LogP contribution in [0.3, 0.4) is 0 Å². The van der Waals surface area contributed by atoms with Gasteiger partial charge in [-0.3, -0.25) is 0 Å². The Morgan fingerprint density at radius 3 is 2.20 bits per heavy atom. The van der Waals surface area contributed by atoms with E-state index >= 15 is 0 Å². The van der Waals surface area contributed by atoms with Crippen molar-refractivity contribution in [3.8, 4) is 11.5 Å². The molecule has 0 aromatic heterocycles. The van der Waals surface area contributed by atoms with Gasteiger partial charge in [-0.05, 0) is 57.0 Å². The summed E-state index contributed by atoms with van der Waals surface area (Å²) in [6, 6.07) is 12.5. The van der Waals surface area contributed by atoms with E-state index in [2.05, 4.69) is 4.72 Å². The van der Waals surface area contributed by atoms with Crippen molar-refractivity contribution in [2.45, 2.75) is 32.1 Å². The van der Waals surface area contributed by atoms with Gasteiger partial charge in [0.25, 0.3) is 0 Å². The Labute approximate surface area is 150 Å². The molecule has 5 nitrogen and oxygen atoms in total. The van der Waals surface area contributed by atoms with Gasteiger partial charge in [0.2, 0.25) is 10.0 Å². The first-order valence-corrected chi connectivity index (χ1v) is 9.89. The molecule has 0 aliphatic heterocycles. The largest absolute Gasteiger partial charge is 0.490 e. The Balaban J connectivity index is 2.01. The molecule has 0 radical (unpaired) electrons. The van der Waals surface area contributed by atoms with Gasteiger partial charge in [-0.15, -0.1) is 0 Å². The van der Waals surface area contributed by atoms with E-state index in [0.29, 0.717) is 37.7 Å². The van der Waals surface area contributed by atoms with Crippen LogP contribution >= 0.6 is 0 Å². The van der Waals surface area contributed by atoms with Crippen LogP contribution in [0.1, 0.15) is 25.0 Å². The molecule has 2 aromatic rings. The van der Waals surface area contributed by atoms with E-state index < -0.39 is 10.0 Å². The van der Waals surface area contributed by atoms with Crippen molar-refractivity contribution in [2.75, 3.05) is 19.8 Å². The Morgan fingerprint density at radius 1 is 0.920 bits per heavy atom. The predicted molar refractivity (Wildman–Crippen MR) is 98.9 cm³/mol. The molecule has 25 heavy (non-hydrogen) atoms. The SMILES string of the molecule is CCOc1ccc(CCNS(=O)(=O)c2ccc(C)cc2)cc1OCC. The monoisotopic (exact) mass is 363 g/mol. The minimum atomic E-state index is -3.49. The fourth-order valence-corrected chi connectivity index (χ4v) is 3.41. The quantitative estimate of drug-likeness (QED) is 0.742. The van der Waals surface area contributed by atoms with E-state index in [-0.39, 0.29) is 4.90 Å². The average Bonchev–Trinajstić information content (AvgIpc) is 2.58. The first kappa shape index (κ1) is 19.3. The highest BCUT2D eigenvalue weighted by molar-refractivity contribution is 7.89. The maximum absolute atomic E-state index is 12.3. The van der Waals surface area contributed by atoms with Crippen LogP contribution < -0.4 is 14.2 Å². The highest BCUT2D eigenvalue weighted by Gasteiger charge is 2.13. The molecule has 0 aliphatic carbocycles. The van der Waals surface area contributed by atoms with Gasteiger partial charge < -0.3 is 9.47 Å². The van der Waals surface area contributed by atoms with Crippen LogP contribution in [0, 0.1) is 6.92 Å². The van der Waals surface area contributed by atoms with Crippen LogP contribution in [-0.2, 0) is 16.4 Å². The van der Waals surface area contributed by atoms with Crippen molar-refractivity contribution in [1.29, 1.82) is 0 Å². The first-order valence-electron chi connectivity index (χ1n) is 8.41. The summed E-state index contributed by atoms with van der Waals surface area (Å²) >= 11 is 0. The van der Waals surface area contributed by atoms with Gasteiger partial charge >= 0.3 is 0 Å². The lowest BCUT2D eigenvalue weighted by Gasteiger charge is -2.13. The number of rotatable bonds is 9. The van der Waals surface area contributed by atoms with Crippen LogP contribution in [-0.4, -0.2) is 28.2 Å². The lowest BCUT2D eigenvalue weighted by molar-refractivity contribution is 0.287. The summed E-state index contributed by atoms with van der Waals surface area (Å²) in [6.45, 7) is 7.18. The van der Waals surface area contributed by atoms with Gasteiger partial charge in [-0.1, -0.05) is 23.8 Å². The molecular weight excluding hydrogens is 338 g/mol. The lowest BCUT2D eigenvalue weighted by Crippen LogP contribution is -2.26. The molecule has 2 aromatic carbocycles. The second-order valence-electron chi connectivity index (χ2n) is 5.61. The Kier molecular flexibility index (Phi) is 6.84. The summed E-state index contributed by atoms with van der Waals surface area (Å²) in [7, 11) is -3.49. The molecule has 0 atom stereocenters. The van der Waals surface area contributed by atoms with Gasteiger partial charge in [0.05, 0.1) is 18.1 Å². The number of benzene rings is 2. The van der Waals surface area contributed by atoms with E-state index in [1.54, 1.807) is 24.3 Å². The van der Waals surface area contributed by atoms with Crippen molar-refractivity contribution in [2.24, 2.45) is 0 Å². The standard InChI is InChI=1S/C19H25NO4S/c1-4-23-18-11-8-16(14-19(18)24-5-2)12-13-20-25(21,22)17-9-6-15(3)7-10-17/h6-11,14,20H,4-5,12-13H2,1-3H3. The average molecular weight is 363 g/mol. The van der Waals surface area contributed by atoms with Gasteiger partial charge in [0.15, 0.2) is 11.5 Å². The Morgan fingerprint density at radius 2 is 1.56 bits per heavy atom. The molecule has 0 heterocycles. The smallest absolute Gasteiger partial charge is 0.240 e. The molecule has 2 rings (SSSR count). The van der Waals surface area contributed by atoms with Gasteiger partial charge in [-0.25, -0.2) is 13.1 Å². The highest BCUT2D eigenvalue weighted by Crippen LogP contribution is 2.28. The van der Waals surface area contributed by atoms with Gasteiger partial charge in [0.1, 0.15) is 0 Å². The topological polar surface area (TPSA) is 64.6 Å². The molecule has 0 bridgehead atoms. The molecular formula is C19H25NO4S. The highest BCUT2D eigenvalue weighted by atomic mass is 32.2. The third-order valence-corrected chi connectivity index (χ3v) is 5.12. The third-order valence-electron chi connectivity index (χ3n) is 3.64. The van der Waals surface area contributed by atoms with E-state index in [9.17, 15) is 8.42 Å². The van der Waals surface area contributed by atoms with Crippen molar-refractivity contribution in [1.82, 2.24) is 4.72 Å². The second kappa shape index (κ2) is 8.87. The van der Waals surface area contributed by atoms with Crippen LogP contribution in [0.4, 0.5) is 0 Å². The summed E-state index contributed by atoms with van der Waals surface area (Å²) in [5, 5.41) is 0. The molecule has 136 valence electrons. The molecule has 0 fully saturated rings. The number of hydrogen-bond acceptors (Lipinski definition) is 4. The maximum atomic E-state index is 12.3. The summed E-state index contributed by atoms with van der Waals surface area (Å²) in [4.78, 5) is 0.278. The van der Waals surface area contributed by atoms with Crippen LogP contribution in [0.25, 0.3) is 0 Å². The zero-order valence-electron chi connectivity index (χ0n) is 14.9. The fourth-order valence-electron chi connectivity index (χ4n) is 2.38. The second-order valence-corrected chi connectivity index (χ2v) is 7.37. The minimum Gasteiger partial charge on any atom is -0.490 e. The number of ether oxygens (including phenoxy) is 2. The summed E-state index contributed by atoms with van der Waals surface area (Å²) < 4.78 is 38.3. The van der Waals surface area contributed by atoms with Gasteiger partial charge in [0, 0.05) is 6.54 Å². The van der Waals surface area contributed by atoms with Crippen LogP contribution in [0.15, 0.2) is 47.4 Å². The van der Waals surface area contributed by atoms with Gasteiger partial charge in [-0.2, -0.15) is 0 Å². The maximum Gasteiger partial charge on any atom is 0.240 e. The number of hydrogen-bond donors (Lipinski definition) is 1. The molecule has 0 saturated carbocycles. The van der Waals surface area contributed by atoms with Crippen molar-refractivity contribution < 1.29 is 17.9 Å². The molecule has 0 unspecified atom stereocenters. The van der Waals surface area contributed by atoms with Crippen LogP contribution in [0.5, 0.6) is 11.5 Å². The normalized spacial score (nSPS) is 11.3. The van der Waals surface area contributed by atoms with E-state index in [0.717, 1.165) is 11.1 Å². The lowest BCUT2D eigenvalue weighted by atomic mass is 10.1. The molecule has 0 aliphatic rings. The van der Waals surface area contributed by atoms with E-state index in [1.165, 1.54) is 0 Å². The number of sulfonamides is 1. The Hall–Kier alpha value is -2.05. The van der Waals surface area contributed by atoms with Crippen molar-refractivity contribution >= 4 is 10.0 Å².